The molecule has 0 aliphatic carbocycles. The number of alkyl halides is 3. The van der Waals surface area contributed by atoms with Gasteiger partial charge in [-0.1, -0.05) is 12.1 Å². The molecular formula is C14H18F3NO2. The summed E-state index contributed by atoms with van der Waals surface area (Å²) in [7, 11) is 0. The first-order valence-corrected chi connectivity index (χ1v) is 6.64. The van der Waals surface area contributed by atoms with E-state index >= 15 is 0 Å². The maximum atomic E-state index is 12.0. The van der Waals surface area contributed by atoms with Crippen LogP contribution in [-0.2, 0) is 6.54 Å². The molecule has 0 spiro atoms. The zero-order valence-corrected chi connectivity index (χ0v) is 11.1. The van der Waals surface area contributed by atoms with Crippen LogP contribution in [0.25, 0.3) is 0 Å². The second kappa shape index (κ2) is 6.45. The summed E-state index contributed by atoms with van der Waals surface area (Å²) < 4.78 is 40.0. The van der Waals surface area contributed by atoms with Crippen LogP contribution >= 0.6 is 0 Å². The van der Waals surface area contributed by atoms with E-state index in [2.05, 4.69) is 9.64 Å². The number of aliphatic hydroxyl groups is 1. The zero-order valence-electron chi connectivity index (χ0n) is 11.1. The Balaban J connectivity index is 1.90. The van der Waals surface area contributed by atoms with Crippen LogP contribution in [0.3, 0.4) is 0 Å². The van der Waals surface area contributed by atoms with E-state index in [4.69, 9.17) is 5.11 Å². The summed E-state index contributed by atoms with van der Waals surface area (Å²) in [5, 5.41) is 9.17. The molecular weight excluding hydrogens is 271 g/mol. The van der Waals surface area contributed by atoms with Crippen LogP contribution in [0.4, 0.5) is 13.2 Å². The summed E-state index contributed by atoms with van der Waals surface area (Å²) in [5.74, 6) is 0.102. The molecule has 2 rings (SSSR count). The molecule has 1 atom stereocenters. The van der Waals surface area contributed by atoms with Crippen LogP contribution in [-0.4, -0.2) is 36.1 Å². The number of aliphatic hydroxyl groups excluding tert-OH is 1. The fraction of sp³-hybridized carbons (Fsp3) is 0.571. The van der Waals surface area contributed by atoms with Gasteiger partial charge in [0, 0.05) is 19.7 Å². The Morgan fingerprint density at radius 3 is 2.55 bits per heavy atom. The Labute approximate surface area is 116 Å². The summed E-state index contributed by atoms with van der Waals surface area (Å²) in [6.07, 6.45) is -2.57. The molecule has 1 heterocycles. The van der Waals surface area contributed by atoms with Crippen LogP contribution in [0.1, 0.15) is 18.4 Å². The summed E-state index contributed by atoms with van der Waals surface area (Å²) in [6, 6.07) is 5.94. The van der Waals surface area contributed by atoms with Crippen molar-refractivity contribution in [3.8, 4) is 5.75 Å². The number of hydrogen-bond donors (Lipinski definition) is 1. The van der Waals surface area contributed by atoms with Gasteiger partial charge in [-0.25, -0.2) is 0 Å². The van der Waals surface area contributed by atoms with Crippen LogP contribution in [0, 0.1) is 5.92 Å². The van der Waals surface area contributed by atoms with Crippen molar-refractivity contribution in [2.45, 2.75) is 25.7 Å². The first-order valence-electron chi connectivity index (χ1n) is 6.64. The van der Waals surface area contributed by atoms with Gasteiger partial charge in [-0.3, -0.25) is 4.90 Å². The molecule has 0 amide bonds. The Morgan fingerprint density at radius 1 is 1.25 bits per heavy atom. The first kappa shape index (κ1) is 15.1. The summed E-state index contributed by atoms with van der Waals surface area (Å²) in [6.45, 7) is 2.66. The Morgan fingerprint density at radius 2 is 1.95 bits per heavy atom. The van der Waals surface area contributed by atoms with Crippen LogP contribution in [0.5, 0.6) is 5.75 Å². The lowest BCUT2D eigenvalue weighted by molar-refractivity contribution is -0.274. The molecule has 0 radical (unpaired) electrons. The molecule has 1 aromatic rings. The van der Waals surface area contributed by atoms with Crippen LogP contribution in [0.2, 0.25) is 0 Å². The van der Waals surface area contributed by atoms with Gasteiger partial charge in [-0.2, -0.15) is 0 Å². The van der Waals surface area contributed by atoms with Crippen molar-refractivity contribution in [1.29, 1.82) is 0 Å². The number of halogens is 3. The lowest BCUT2D eigenvalue weighted by atomic mass is 9.98. The van der Waals surface area contributed by atoms with Gasteiger partial charge in [-0.15, -0.1) is 13.2 Å². The highest BCUT2D eigenvalue weighted by Crippen LogP contribution is 2.24. The zero-order chi connectivity index (χ0) is 14.6. The second-order valence-electron chi connectivity index (χ2n) is 5.12. The van der Waals surface area contributed by atoms with Gasteiger partial charge in [0.1, 0.15) is 5.75 Å². The molecule has 1 aliphatic heterocycles. The van der Waals surface area contributed by atoms with Crippen molar-refractivity contribution in [2.75, 3.05) is 19.7 Å². The highest BCUT2D eigenvalue weighted by atomic mass is 19.4. The second-order valence-corrected chi connectivity index (χ2v) is 5.12. The van der Waals surface area contributed by atoms with E-state index in [9.17, 15) is 13.2 Å². The quantitative estimate of drug-likeness (QED) is 0.925. The van der Waals surface area contributed by atoms with Gasteiger partial charge in [0.25, 0.3) is 0 Å². The van der Waals surface area contributed by atoms with Crippen LogP contribution < -0.4 is 4.74 Å². The van der Waals surface area contributed by atoms with E-state index in [-0.39, 0.29) is 12.4 Å². The predicted molar refractivity (Wildman–Crippen MR) is 68.2 cm³/mol. The summed E-state index contributed by atoms with van der Waals surface area (Å²) >= 11 is 0. The third kappa shape index (κ3) is 4.68. The number of benzene rings is 1. The molecule has 1 N–H and O–H groups in total. The Hall–Kier alpha value is -1.27. The number of rotatable bonds is 4. The van der Waals surface area contributed by atoms with E-state index in [1.807, 2.05) is 0 Å². The maximum absolute atomic E-state index is 12.0. The highest BCUT2D eigenvalue weighted by Gasteiger charge is 2.31. The van der Waals surface area contributed by atoms with Crippen molar-refractivity contribution in [3.63, 3.8) is 0 Å². The Kier molecular flexibility index (Phi) is 4.88. The molecule has 0 aromatic heterocycles. The van der Waals surface area contributed by atoms with Crippen molar-refractivity contribution in [3.05, 3.63) is 29.8 Å². The number of likely N-dealkylation sites (tertiary alicyclic amines) is 1. The minimum absolute atomic E-state index is 0.189. The third-order valence-corrected chi connectivity index (χ3v) is 3.42. The molecule has 0 bridgehead atoms. The third-order valence-electron chi connectivity index (χ3n) is 3.42. The van der Waals surface area contributed by atoms with Gasteiger partial charge in [0.2, 0.25) is 0 Å². The molecule has 112 valence electrons. The van der Waals surface area contributed by atoms with Crippen molar-refractivity contribution < 1.29 is 23.0 Å². The molecule has 0 unspecified atom stereocenters. The average Bonchev–Trinajstić information content (AvgIpc) is 2.40. The van der Waals surface area contributed by atoms with E-state index in [0.717, 1.165) is 31.5 Å². The lowest BCUT2D eigenvalue weighted by Gasteiger charge is -2.31. The van der Waals surface area contributed by atoms with Crippen molar-refractivity contribution >= 4 is 0 Å². The van der Waals surface area contributed by atoms with Crippen LogP contribution in [0.15, 0.2) is 24.3 Å². The standard InChI is InChI=1S/C14H18F3NO2/c15-14(16,17)20-13-5-3-11(4-6-13)8-18-7-1-2-12(9-18)10-19/h3-6,12,19H,1-2,7-10H2/t12-/m1/s1. The molecule has 20 heavy (non-hydrogen) atoms. The molecule has 1 saturated heterocycles. The smallest absolute Gasteiger partial charge is 0.406 e. The number of nitrogens with zero attached hydrogens (tertiary/aromatic N) is 1. The van der Waals surface area contributed by atoms with Gasteiger partial charge >= 0.3 is 6.36 Å². The molecule has 1 fully saturated rings. The summed E-state index contributed by atoms with van der Waals surface area (Å²) in [5.41, 5.74) is 0.943. The van der Waals surface area contributed by atoms with E-state index < -0.39 is 6.36 Å². The largest absolute Gasteiger partial charge is 0.573 e. The molecule has 3 nitrogen and oxygen atoms in total. The van der Waals surface area contributed by atoms with E-state index in [1.165, 1.54) is 12.1 Å². The van der Waals surface area contributed by atoms with E-state index in [0.29, 0.717) is 12.5 Å². The number of ether oxygens (including phenoxy) is 1. The first-order chi connectivity index (χ1) is 9.46. The van der Waals surface area contributed by atoms with E-state index in [1.54, 1.807) is 12.1 Å². The number of hydrogen-bond acceptors (Lipinski definition) is 3. The molecule has 6 heteroatoms. The number of piperidine rings is 1. The summed E-state index contributed by atoms with van der Waals surface area (Å²) in [4.78, 5) is 2.21. The predicted octanol–water partition coefficient (Wildman–Crippen LogP) is 2.79. The molecule has 0 saturated carbocycles. The van der Waals surface area contributed by atoms with Crippen molar-refractivity contribution in [1.82, 2.24) is 4.90 Å². The fourth-order valence-corrected chi connectivity index (χ4v) is 2.50. The topological polar surface area (TPSA) is 32.7 Å². The lowest BCUT2D eigenvalue weighted by Crippen LogP contribution is -2.36. The molecule has 1 aromatic carbocycles. The van der Waals surface area contributed by atoms with Gasteiger partial charge in [0.15, 0.2) is 0 Å². The van der Waals surface area contributed by atoms with Gasteiger partial charge < -0.3 is 9.84 Å². The minimum Gasteiger partial charge on any atom is -0.406 e. The Bertz CT molecular complexity index is 419. The fourth-order valence-electron chi connectivity index (χ4n) is 2.50. The minimum atomic E-state index is -4.65. The van der Waals surface area contributed by atoms with Crippen molar-refractivity contribution in [2.24, 2.45) is 5.92 Å². The maximum Gasteiger partial charge on any atom is 0.573 e. The average molecular weight is 289 g/mol. The monoisotopic (exact) mass is 289 g/mol. The SMILES string of the molecule is OC[C@@H]1CCCN(Cc2ccc(OC(F)(F)F)cc2)C1. The molecule has 1 aliphatic rings. The normalized spacial score (nSPS) is 20.9. The van der Waals surface area contributed by atoms with Gasteiger partial charge in [-0.05, 0) is 43.0 Å². The highest BCUT2D eigenvalue weighted by molar-refractivity contribution is 5.27. The van der Waals surface area contributed by atoms with Gasteiger partial charge in [0.05, 0.1) is 0 Å².